The summed E-state index contributed by atoms with van der Waals surface area (Å²) >= 11 is 0. The number of hydrogen-bond donors (Lipinski definition) is 1. The van der Waals surface area contributed by atoms with Crippen molar-refractivity contribution in [3.63, 3.8) is 0 Å². The second kappa shape index (κ2) is 6.96. The predicted molar refractivity (Wildman–Crippen MR) is 92.2 cm³/mol. The Morgan fingerprint density at radius 2 is 1.85 bits per heavy atom. The topological polar surface area (TPSA) is 61.9 Å². The number of halogens is 3. The lowest BCUT2D eigenvalue weighted by Gasteiger charge is -2.27. The molecule has 1 aliphatic rings. The van der Waals surface area contributed by atoms with Crippen LogP contribution >= 0.6 is 0 Å². The van der Waals surface area contributed by atoms with Crippen LogP contribution in [-0.4, -0.2) is 26.4 Å². The van der Waals surface area contributed by atoms with Crippen LogP contribution in [0.15, 0.2) is 41.5 Å². The molecule has 0 saturated carbocycles. The number of aromatic amines is 1. The van der Waals surface area contributed by atoms with E-state index >= 15 is 0 Å². The standard InChI is InChI=1S/C19H15F3N4O/c20-14-2-1-12(16(21)17(14)22)9-26-8-5-15-13(10-26)19(27)25-18(24-15)11-3-6-23-7-4-11/h1-4,6-7H,5,8-10H2,(H,24,25,27). The fourth-order valence-corrected chi connectivity index (χ4v) is 3.19. The molecule has 1 aliphatic heterocycles. The Morgan fingerprint density at radius 3 is 2.63 bits per heavy atom. The zero-order valence-electron chi connectivity index (χ0n) is 14.2. The van der Waals surface area contributed by atoms with Gasteiger partial charge in [0.1, 0.15) is 5.82 Å². The molecule has 5 nitrogen and oxygen atoms in total. The molecular weight excluding hydrogens is 357 g/mol. The van der Waals surface area contributed by atoms with Crippen molar-refractivity contribution >= 4 is 0 Å². The Bertz CT molecular complexity index is 1050. The van der Waals surface area contributed by atoms with E-state index in [2.05, 4.69) is 15.0 Å². The number of fused-ring (bicyclic) bond motifs is 1. The summed E-state index contributed by atoms with van der Waals surface area (Å²) in [5, 5.41) is 0. The van der Waals surface area contributed by atoms with Gasteiger partial charge in [0.15, 0.2) is 17.5 Å². The number of rotatable bonds is 3. The molecule has 0 spiro atoms. The zero-order valence-corrected chi connectivity index (χ0v) is 14.2. The van der Waals surface area contributed by atoms with Gasteiger partial charge >= 0.3 is 0 Å². The Kier molecular flexibility index (Phi) is 4.49. The second-order valence-electron chi connectivity index (χ2n) is 6.37. The van der Waals surface area contributed by atoms with Crippen LogP contribution in [0.5, 0.6) is 0 Å². The first kappa shape index (κ1) is 17.4. The number of pyridine rings is 1. The highest BCUT2D eigenvalue weighted by Crippen LogP contribution is 2.22. The molecule has 0 unspecified atom stereocenters. The first-order valence-electron chi connectivity index (χ1n) is 8.40. The van der Waals surface area contributed by atoms with Crippen LogP contribution in [0.2, 0.25) is 0 Å². The first-order valence-corrected chi connectivity index (χ1v) is 8.40. The van der Waals surface area contributed by atoms with E-state index in [1.54, 1.807) is 29.4 Å². The maximum absolute atomic E-state index is 13.9. The van der Waals surface area contributed by atoms with E-state index in [0.717, 1.165) is 11.6 Å². The highest BCUT2D eigenvalue weighted by molar-refractivity contribution is 5.54. The summed E-state index contributed by atoms with van der Waals surface area (Å²) in [4.78, 5) is 25.5. The number of hydrogen-bond acceptors (Lipinski definition) is 4. The highest BCUT2D eigenvalue weighted by atomic mass is 19.2. The monoisotopic (exact) mass is 372 g/mol. The number of nitrogens with one attached hydrogen (secondary N) is 1. The van der Waals surface area contributed by atoms with Gasteiger partial charge in [-0.1, -0.05) is 6.07 Å². The van der Waals surface area contributed by atoms with E-state index in [4.69, 9.17) is 0 Å². The summed E-state index contributed by atoms with van der Waals surface area (Å²) in [6, 6.07) is 5.64. The third-order valence-electron chi connectivity index (χ3n) is 4.61. The van der Waals surface area contributed by atoms with Crippen molar-refractivity contribution in [2.75, 3.05) is 6.54 Å². The molecule has 27 heavy (non-hydrogen) atoms. The lowest BCUT2D eigenvalue weighted by atomic mass is 10.1. The first-order chi connectivity index (χ1) is 13.0. The van der Waals surface area contributed by atoms with Gasteiger partial charge in [-0.25, -0.2) is 18.2 Å². The van der Waals surface area contributed by atoms with Crippen molar-refractivity contribution in [3.8, 4) is 11.4 Å². The lowest BCUT2D eigenvalue weighted by Crippen LogP contribution is -2.35. The van der Waals surface area contributed by atoms with E-state index in [-0.39, 0.29) is 24.2 Å². The summed E-state index contributed by atoms with van der Waals surface area (Å²) < 4.78 is 40.4. The van der Waals surface area contributed by atoms with Crippen LogP contribution in [0.4, 0.5) is 13.2 Å². The number of aromatic nitrogens is 3. The molecule has 0 fully saturated rings. The SMILES string of the molecule is O=c1[nH]c(-c2ccncc2)nc2c1CN(Cc1ccc(F)c(F)c1F)CC2. The van der Waals surface area contributed by atoms with Crippen LogP contribution in [0.3, 0.4) is 0 Å². The minimum absolute atomic E-state index is 0.0511. The third-order valence-corrected chi connectivity index (χ3v) is 4.61. The smallest absolute Gasteiger partial charge is 0.255 e. The van der Waals surface area contributed by atoms with Crippen molar-refractivity contribution in [2.45, 2.75) is 19.5 Å². The normalized spacial score (nSPS) is 14.2. The Labute approximate surface area is 152 Å². The van der Waals surface area contributed by atoms with Gasteiger partial charge in [0.05, 0.1) is 11.3 Å². The molecule has 0 atom stereocenters. The van der Waals surface area contributed by atoms with Gasteiger partial charge in [-0.05, 0) is 18.2 Å². The molecule has 0 bridgehead atoms. The fourth-order valence-electron chi connectivity index (χ4n) is 3.19. The van der Waals surface area contributed by atoms with E-state index in [1.165, 1.54) is 6.07 Å². The van der Waals surface area contributed by atoms with Crippen molar-refractivity contribution in [2.24, 2.45) is 0 Å². The van der Waals surface area contributed by atoms with Gasteiger partial charge in [-0.15, -0.1) is 0 Å². The van der Waals surface area contributed by atoms with Gasteiger partial charge in [0.2, 0.25) is 0 Å². The van der Waals surface area contributed by atoms with E-state index in [0.29, 0.717) is 30.0 Å². The molecule has 0 aliphatic carbocycles. The van der Waals surface area contributed by atoms with Crippen LogP contribution in [-0.2, 0) is 19.5 Å². The summed E-state index contributed by atoms with van der Waals surface area (Å²) in [5.41, 5.74) is 1.74. The molecule has 1 N–H and O–H groups in total. The van der Waals surface area contributed by atoms with E-state index in [9.17, 15) is 18.0 Å². The van der Waals surface area contributed by atoms with Crippen LogP contribution in [0.1, 0.15) is 16.8 Å². The maximum atomic E-state index is 13.9. The maximum Gasteiger partial charge on any atom is 0.255 e. The number of nitrogens with zero attached hydrogens (tertiary/aromatic N) is 3. The molecule has 0 amide bonds. The predicted octanol–water partition coefficient (Wildman–Crippen LogP) is 2.81. The average Bonchev–Trinajstić information content (AvgIpc) is 2.69. The van der Waals surface area contributed by atoms with E-state index < -0.39 is 17.5 Å². The second-order valence-corrected chi connectivity index (χ2v) is 6.37. The lowest BCUT2D eigenvalue weighted by molar-refractivity contribution is 0.237. The van der Waals surface area contributed by atoms with Gasteiger partial charge in [0, 0.05) is 49.6 Å². The molecule has 138 valence electrons. The third kappa shape index (κ3) is 3.35. The summed E-state index contributed by atoms with van der Waals surface area (Å²) in [7, 11) is 0. The van der Waals surface area contributed by atoms with Crippen molar-refractivity contribution in [1.29, 1.82) is 0 Å². The minimum Gasteiger partial charge on any atom is -0.306 e. The Morgan fingerprint density at radius 1 is 1.07 bits per heavy atom. The number of benzene rings is 1. The molecule has 4 rings (SSSR count). The Hall–Kier alpha value is -3.00. The van der Waals surface area contributed by atoms with E-state index in [1.807, 2.05) is 0 Å². The summed E-state index contributed by atoms with van der Waals surface area (Å²) in [5.74, 6) is -3.42. The van der Waals surface area contributed by atoms with Crippen LogP contribution in [0, 0.1) is 17.5 Å². The largest absolute Gasteiger partial charge is 0.306 e. The molecule has 1 aromatic carbocycles. The molecule has 3 heterocycles. The van der Waals surface area contributed by atoms with Crippen molar-refractivity contribution in [1.82, 2.24) is 19.9 Å². The molecule has 0 radical (unpaired) electrons. The molecule has 3 aromatic rings. The van der Waals surface area contributed by atoms with Gasteiger partial charge in [-0.2, -0.15) is 0 Å². The summed E-state index contributed by atoms with van der Waals surface area (Å²) in [6.45, 7) is 0.860. The molecule has 2 aromatic heterocycles. The van der Waals surface area contributed by atoms with Gasteiger partial charge in [0.25, 0.3) is 5.56 Å². The van der Waals surface area contributed by atoms with Crippen LogP contribution in [0.25, 0.3) is 11.4 Å². The average molecular weight is 372 g/mol. The van der Waals surface area contributed by atoms with Gasteiger partial charge in [-0.3, -0.25) is 14.7 Å². The number of H-pyrrole nitrogens is 1. The minimum atomic E-state index is -1.48. The van der Waals surface area contributed by atoms with Gasteiger partial charge < -0.3 is 4.98 Å². The molecular formula is C19H15F3N4O. The molecule has 0 saturated heterocycles. The van der Waals surface area contributed by atoms with Crippen molar-refractivity contribution in [3.05, 3.63) is 81.3 Å². The Balaban J connectivity index is 1.59. The highest BCUT2D eigenvalue weighted by Gasteiger charge is 2.23. The van der Waals surface area contributed by atoms with Crippen molar-refractivity contribution < 1.29 is 13.2 Å². The van der Waals surface area contributed by atoms with Crippen LogP contribution < -0.4 is 5.56 Å². The zero-order chi connectivity index (χ0) is 19.0. The fraction of sp³-hybridized carbons (Fsp3) is 0.211. The quantitative estimate of drug-likeness (QED) is 0.719. The summed E-state index contributed by atoms with van der Waals surface area (Å²) in [6.07, 6.45) is 3.74. The molecule has 8 heteroatoms.